The van der Waals surface area contributed by atoms with E-state index in [-0.39, 0.29) is 0 Å². The van der Waals surface area contributed by atoms with E-state index in [1.54, 1.807) is 12.3 Å². The van der Waals surface area contributed by atoms with E-state index in [1.807, 2.05) is 33.8 Å². The fourth-order valence-corrected chi connectivity index (χ4v) is 2.23. The van der Waals surface area contributed by atoms with Crippen LogP contribution in [0.1, 0.15) is 31.8 Å². The highest BCUT2D eigenvalue weighted by Crippen LogP contribution is 2.36. The van der Waals surface area contributed by atoms with Gasteiger partial charge in [0.25, 0.3) is 0 Å². The molecule has 0 radical (unpaired) electrons. The van der Waals surface area contributed by atoms with Crippen molar-refractivity contribution >= 4 is 23.6 Å². The Kier molecular flexibility index (Phi) is 1.93. The van der Waals surface area contributed by atoms with Crippen molar-refractivity contribution in [1.82, 2.24) is 9.55 Å². The maximum Gasteiger partial charge on any atom is 0.495 e. The van der Waals surface area contributed by atoms with Crippen molar-refractivity contribution in [3.63, 3.8) is 0 Å². The van der Waals surface area contributed by atoms with Crippen LogP contribution in [-0.2, 0) is 16.3 Å². The molecule has 4 nitrogen and oxygen atoms in total. The molecule has 0 atom stereocenters. The molecular weight excluding hydrogens is 239 g/mol. The Morgan fingerprint density at radius 3 is 2.53 bits per heavy atom. The molecule has 19 heavy (non-hydrogen) atoms. The zero-order valence-electron chi connectivity index (χ0n) is 14.6. The van der Waals surface area contributed by atoms with Gasteiger partial charge in [-0.05, 0) is 45.3 Å². The Morgan fingerprint density at radius 1 is 1.21 bits per heavy atom. The van der Waals surface area contributed by atoms with Crippen LogP contribution in [0.3, 0.4) is 0 Å². The summed E-state index contributed by atoms with van der Waals surface area (Å²) in [6, 6.07) is 3.56. The van der Waals surface area contributed by atoms with Gasteiger partial charge in [0.1, 0.15) is 5.65 Å². The molecule has 0 N–H and O–H groups in total. The van der Waals surface area contributed by atoms with Crippen molar-refractivity contribution in [3.8, 4) is 0 Å². The summed E-state index contributed by atoms with van der Waals surface area (Å²) in [5.41, 5.74) is 0.318. The molecule has 2 aromatic heterocycles. The number of hydrogen-bond donors (Lipinski definition) is 0. The predicted octanol–water partition coefficient (Wildman–Crippen LogP) is 1.87. The van der Waals surface area contributed by atoms with Gasteiger partial charge in [0.05, 0.1) is 11.2 Å². The van der Waals surface area contributed by atoms with Gasteiger partial charge in [-0.3, -0.25) is 0 Å². The molecule has 5 heteroatoms. The van der Waals surface area contributed by atoms with Gasteiger partial charge >= 0.3 is 7.12 Å². The zero-order chi connectivity index (χ0) is 16.3. The van der Waals surface area contributed by atoms with Gasteiger partial charge in [-0.2, -0.15) is 0 Å². The first-order valence-electron chi connectivity index (χ1n) is 7.85. The number of hydrogen-bond acceptors (Lipinski definition) is 3. The molecule has 1 fully saturated rings. The second kappa shape index (κ2) is 3.84. The fraction of sp³-hybridized carbons (Fsp3) is 0.500. The molecule has 3 rings (SSSR count). The first-order valence-corrected chi connectivity index (χ1v) is 6.35. The first kappa shape index (κ1) is 9.56. The summed E-state index contributed by atoms with van der Waals surface area (Å²) < 4.78 is 36.0. The second-order valence-corrected chi connectivity index (χ2v) is 5.91. The van der Waals surface area contributed by atoms with Gasteiger partial charge < -0.3 is 13.9 Å². The average molecular weight is 261 g/mol. The molecule has 1 aliphatic rings. The molecule has 0 unspecified atom stereocenters. The van der Waals surface area contributed by atoms with Crippen molar-refractivity contribution in [3.05, 3.63) is 24.5 Å². The lowest BCUT2D eigenvalue weighted by atomic mass is 9.78. The van der Waals surface area contributed by atoms with Crippen molar-refractivity contribution in [2.45, 2.75) is 38.9 Å². The number of fused-ring (bicyclic) bond motifs is 1. The van der Waals surface area contributed by atoms with Gasteiger partial charge in [0.2, 0.25) is 0 Å². The SMILES string of the molecule is [2H]C([2H])([2H])n1ccc2c(B3OC(C)(C)C(C)(C)O3)ccnc21. The van der Waals surface area contributed by atoms with Crippen molar-refractivity contribution in [1.29, 1.82) is 0 Å². The number of nitrogens with zero attached hydrogens (tertiary/aromatic N) is 2. The highest BCUT2D eigenvalue weighted by atomic mass is 16.7. The van der Waals surface area contributed by atoms with E-state index in [0.29, 0.717) is 5.65 Å². The minimum atomic E-state index is -2.26. The second-order valence-electron chi connectivity index (χ2n) is 5.91. The van der Waals surface area contributed by atoms with Gasteiger partial charge in [0.15, 0.2) is 0 Å². The lowest BCUT2D eigenvalue weighted by Crippen LogP contribution is -2.41. The minimum absolute atomic E-state index is 0.409. The van der Waals surface area contributed by atoms with E-state index < -0.39 is 25.3 Å². The smallest absolute Gasteiger partial charge is 0.399 e. The molecule has 2 aromatic rings. The van der Waals surface area contributed by atoms with Gasteiger partial charge in [0, 0.05) is 28.9 Å². The summed E-state index contributed by atoms with van der Waals surface area (Å²) >= 11 is 0. The van der Waals surface area contributed by atoms with Crippen molar-refractivity contribution in [2.24, 2.45) is 6.98 Å². The molecule has 1 saturated heterocycles. The number of aryl methyl sites for hydroxylation is 1. The molecule has 0 saturated carbocycles. The number of pyridine rings is 1. The molecule has 0 aromatic carbocycles. The lowest BCUT2D eigenvalue weighted by Gasteiger charge is -2.32. The van der Waals surface area contributed by atoms with Crippen LogP contribution in [0.5, 0.6) is 0 Å². The van der Waals surface area contributed by atoms with Crippen molar-refractivity contribution in [2.75, 3.05) is 0 Å². The van der Waals surface area contributed by atoms with Gasteiger partial charge in [-0.25, -0.2) is 4.98 Å². The van der Waals surface area contributed by atoms with Crippen LogP contribution in [0.15, 0.2) is 24.5 Å². The molecule has 0 aliphatic carbocycles. The zero-order valence-corrected chi connectivity index (χ0v) is 11.6. The van der Waals surface area contributed by atoms with Crippen LogP contribution < -0.4 is 5.46 Å². The highest BCUT2D eigenvalue weighted by molar-refractivity contribution is 6.65. The van der Waals surface area contributed by atoms with E-state index in [9.17, 15) is 0 Å². The first-order chi connectivity index (χ1) is 10.0. The third kappa shape index (κ3) is 1.80. The monoisotopic (exact) mass is 261 g/mol. The Hall–Kier alpha value is -1.33. The molecule has 0 amide bonds. The summed E-state index contributed by atoms with van der Waals surface area (Å²) in [5, 5.41) is 0.733. The number of aromatic nitrogens is 2. The summed E-state index contributed by atoms with van der Waals surface area (Å²) in [4.78, 5) is 4.20. The molecule has 100 valence electrons. The van der Waals surface area contributed by atoms with Crippen LogP contribution in [0, 0.1) is 0 Å². The average Bonchev–Trinajstić information content (AvgIpc) is 2.87. The van der Waals surface area contributed by atoms with E-state index >= 15 is 0 Å². The van der Waals surface area contributed by atoms with E-state index in [2.05, 4.69) is 4.98 Å². The standard InChI is InChI=1S/C14H19BN2O2/c1-13(2)14(3,4)19-15(18-13)11-6-8-16-12-10(11)7-9-17(12)5/h6-9H,1-5H3/i5D3. The Morgan fingerprint density at radius 2 is 1.89 bits per heavy atom. The molecule has 3 heterocycles. The fourth-order valence-electron chi connectivity index (χ4n) is 2.23. The van der Waals surface area contributed by atoms with Gasteiger partial charge in [-0.1, -0.05) is 0 Å². The van der Waals surface area contributed by atoms with Crippen LogP contribution in [0.25, 0.3) is 11.0 Å². The predicted molar refractivity (Wildman–Crippen MR) is 76.4 cm³/mol. The third-order valence-electron chi connectivity index (χ3n) is 4.13. The number of rotatable bonds is 1. The highest BCUT2D eigenvalue weighted by Gasteiger charge is 2.52. The normalized spacial score (nSPS) is 24.2. The van der Waals surface area contributed by atoms with Crippen LogP contribution in [0.4, 0.5) is 0 Å². The van der Waals surface area contributed by atoms with E-state index in [0.717, 1.165) is 10.8 Å². The Bertz CT molecular complexity index is 708. The minimum Gasteiger partial charge on any atom is -0.399 e. The lowest BCUT2D eigenvalue weighted by molar-refractivity contribution is 0.00578. The summed E-state index contributed by atoms with van der Waals surface area (Å²) in [6.07, 6.45) is 3.12. The van der Waals surface area contributed by atoms with E-state index in [1.165, 1.54) is 10.8 Å². The van der Waals surface area contributed by atoms with Crippen molar-refractivity contribution < 1.29 is 13.4 Å². The Labute approximate surface area is 118 Å². The van der Waals surface area contributed by atoms with Gasteiger partial charge in [-0.15, -0.1) is 0 Å². The topological polar surface area (TPSA) is 36.3 Å². The maximum atomic E-state index is 7.57. The van der Waals surface area contributed by atoms with Crippen LogP contribution in [0.2, 0.25) is 0 Å². The van der Waals surface area contributed by atoms with Crippen LogP contribution >= 0.6 is 0 Å². The van der Waals surface area contributed by atoms with Crippen LogP contribution in [-0.4, -0.2) is 27.9 Å². The summed E-state index contributed by atoms with van der Waals surface area (Å²) in [7, 11) is -0.539. The Balaban J connectivity index is 2.09. The summed E-state index contributed by atoms with van der Waals surface area (Å²) in [5.74, 6) is 0. The molecular formula is C14H19BN2O2. The molecule has 0 bridgehead atoms. The quantitative estimate of drug-likeness (QED) is 0.735. The summed E-state index contributed by atoms with van der Waals surface area (Å²) in [6.45, 7) is 5.68. The molecule has 1 aliphatic heterocycles. The van der Waals surface area contributed by atoms with E-state index in [4.69, 9.17) is 13.4 Å². The largest absolute Gasteiger partial charge is 0.495 e. The molecule has 0 spiro atoms. The maximum absolute atomic E-state index is 7.57. The third-order valence-corrected chi connectivity index (χ3v) is 4.13.